The molecule has 176 valence electrons. The summed E-state index contributed by atoms with van der Waals surface area (Å²) in [5.74, 6) is 0.965. The minimum absolute atomic E-state index is 0.0281. The normalized spacial score (nSPS) is 20.0. The third kappa shape index (κ3) is 5.27. The van der Waals surface area contributed by atoms with E-state index in [2.05, 4.69) is 10.6 Å². The van der Waals surface area contributed by atoms with Crippen molar-refractivity contribution < 1.29 is 9.59 Å². The summed E-state index contributed by atoms with van der Waals surface area (Å²) >= 11 is 1.65. The van der Waals surface area contributed by atoms with Crippen molar-refractivity contribution in [3.05, 3.63) is 63.6 Å². The maximum absolute atomic E-state index is 13.2. The van der Waals surface area contributed by atoms with Crippen molar-refractivity contribution in [2.24, 2.45) is 5.92 Å². The fourth-order valence-electron chi connectivity index (χ4n) is 4.98. The number of nitrogens with zero attached hydrogens (tertiary/aromatic N) is 2. The Balaban J connectivity index is 1.45. The number of amides is 3. The number of hydrogen-bond donors (Lipinski definition) is 2. The van der Waals surface area contributed by atoms with Gasteiger partial charge in [0.25, 0.3) is 5.56 Å². The average Bonchev–Trinajstić information content (AvgIpc) is 2.79. The zero-order valence-corrected chi connectivity index (χ0v) is 20.3. The molecular formula is C25H32N4O3S. The highest BCUT2D eigenvalue weighted by Crippen LogP contribution is 2.34. The van der Waals surface area contributed by atoms with Crippen molar-refractivity contribution in [1.29, 1.82) is 0 Å². The first kappa shape index (κ1) is 23.4. The summed E-state index contributed by atoms with van der Waals surface area (Å²) < 4.78 is 1.85. The predicted molar refractivity (Wildman–Crippen MR) is 133 cm³/mol. The number of carbonyl (C=O) groups is 2. The molecule has 4 rings (SSSR count). The first-order valence-electron chi connectivity index (χ1n) is 11.5. The second kappa shape index (κ2) is 10.0. The molecule has 1 aromatic heterocycles. The SMILES string of the molecule is CSCC[C@H](NC(=O)N1CC2CC(C1)c1cccc(=O)n1C2)C(=O)Nc1ccc(C)cc1C. The van der Waals surface area contributed by atoms with Gasteiger partial charge in [0.15, 0.2) is 0 Å². The van der Waals surface area contributed by atoms with Crippen LogP contribution >= 0.6 is 11.8 Å². The standard InChI is InChI=1S/C25H32N4O3S/c1-16-7-8-20(17(2)11-16)26-24(31)21(9-10-33-3)27-25(32)28-13-18-12-19(15-28)22-5-4-6-23(30)29(22)14-18/h4-8,11,18-19,21H,9-10,12-15H2,1-3H3,(H,26,31)(H,27,32)/t18?,19?,21-/m0/s1. The quantitative estimate of drug-likeness (QED) is 0.681. The summed E-state index contributed by atoms with van der Waals surface area (Å²) in [6, 6.07) is 10.5. The molecule has 1 saturated heterocycles. The number of thioether (sulfide) groups is 1. The van der Waals surface area contributed by atoms with E-state index in [9.17, 15) is 14.4 Å². The van der Waals surface area contributed by atoms with Gasteiger partial charge in [-0.3, -0.25) is 9.59 Å². The molecule has 3 amide bonds. The third-order valence-electron chi connectivity index (χ3n) is 6.63. The molecule has 2 aromatic rings. The fraction of sp³-hybridized carbons (Fsp3) is 0.480. The van der Waals surface area contributed by atoms with Crippen molar-refractivity contribution in [2.45, 2.75) is 45.2 Å². The number of urea groups is 1. The third-order valence-corrected chi connectivity index (χ3v) is 7.28. The van der Waals surface area contributed by atoms with Crippen LogP contribution in [0.4, 0.5) is 10.5 Å². The van der Waals surface area contributed by atoms with E-state index in [1.165, 1.54) is 0 Å². The van der Waals surface area contributed by atoms with Crippen LogP contribution in [0.3, 0.4) is 0 Å². The van der Waals surface area contributed by atoms with E-state index in [0.717, 1.165) is 34.7 Å². The van der Waals surface area contributed by atoms with E-state index in [1.54, 1.807) is 23.9 Å². The van der Waals surface area contributed by atoms with E-state index >= 15 is 0 Å². The number of nitrogens with one attached hydrogen (secondary N) is 2. The van der Waals surface area contributed by atoms with Gasteiger partial charge in [0.05, 0.1) is 0 Å². The number of aromatic nitrogens is 1. The average molecular weight is 469 g/mol. The van der Waals surface area contributed by atoms with E-state index in [0.29, 0.717) is 26.1 Å². The largest absolute Gasteiger partial charge is 0.326 e. The molecular weight excluding hydrogens is 436 g/mol. The van der Waals surface area contributed by atoms with Crippen LogP contribution in [0.15, 0.2) is 41.2 Å². The lowest BCUT2D eigenvalue weighted by Gasteiger charge is -2.43. The lowest BCUT2D eigenvalue weighted by molar-refractivity contribution is -0.118. The van der Waals surface area contributed by atoms with Gasteiger partial charge in [-0.05, 0) is 62.3 Å². The van der Waals surface area contributed by atoms with Crippen LogP contribution in [0.5, 0.6) is 0 Å². The van der Waals surface area contributed by atoms with E-state index in [1.807, 2.05) is 53.8 Å². The Morgan fingerprint density at radius 2 is 1.97 bits per heavy atom. The van der Waals surface area contributed by atoms with Gasteiger partial charge in [0, 0.05) is 43.0 Å². The molecule has 1 fully saturated rings. The summed E-state index contributed by atoms with van der Waals surface area (Å²) in [4.78, 5) is 40.4. The van der Waals surface area contributed by atoms with Crippen molar-refractivity contribution in [1.82, 2.24) is 14.8 Å². The van der Waals surface area contributed by atoms with Gasteiger partial charge in [-0.15, -0.1) is 0 Å². The number of anilines is 1. The summed E-state index contributed by atoms with van der Waals surface area (Å²) in [6.45, 7) is 5.77. The van der Waals surface area contributed by atoms with Crippen LogP contribution in [-0.2, 0) is 11.3 Å². The summed E-state index contributed by atoms with van der Waals surface area (Å²) in [7, 11) is 0. The van der Waals surface area contributed by atoms with Gasteiger partial charge < -0.3 is 20.1 Å². The topological polar surface area (TPSA) is 83.4 Å². The van der Waals surface area contributed by atoms with Gasteiger partial charge in [-0.2, -0.15) is 11.8 Å². The number of aryl methyl sites for hydroxylation is 2. The number of carbonyl (C=O) groups excluding carboxylic acids is 2. The van der Waals surface area contributed by atoms with Crippen LogP contribution in [0.1, 0.15) is 35.6 Å². The van der Waals surface area contributed by atoms with Crippen LogP contribution < -0.4 is 16.2 Å². The van der Waals surface area contributed by atoms with Gasteiger partial charge in [-0.25, -0.2) is 4.79 Å². The maximum atomic E-state index is 13.2. The number of hydrogen-bond acceptors (Lipinski definition) is 4. The Morgan fingerprint density at radius 1 is 1.15 bits per heavy atom. The van der Waals surface area contributed by atoms with Gasteiger partial charge in [0.1, 0.15) is 6.04 Å². The molecule has 0 aliphatic carbocycles. The highest BCUT2D eigenvalue weighted by molar-refractivity contribution is 7.98. The van der Waals surface area contributed by atoms with Crippen molar-refractivity contribution in [3.8, 4) is 0 Å². The first-order valence-corrected chi connectivity index (χ1v) is 12.9. The minimum atomic E-state index is -0.609. The zero-order valence-electron chi connectivity index (χ0n) is 19.5. The van der Waals surface area contributed by atoms with Gasteiger partial charge in [-0.1, -0.05) is 23.8 Å². The molecule has 2 unspecified atom stereocenters. The monoisotopic (exact) mass is 468 g/mol. The number of benzene rings is 1. The Kier molecular flexibility index (Phi) is 7.12. The van der Waals surface area contributed by atoms with Gasteiger partial charge >= 0.3 is 6.03 Å². The van der Waals surface area contributed by atoms with Crippen LogP contribution in [0, 0.1) is 19.8 Å². The lowest BCUT2D eigenvalue weighted by atomic mass is 9.83. The zero-order chi connectivity index (χ0) is 23.5. The number of piperidine rings is 1. The Bertz CT molecular complexity index is 1100. The van der Waals surface area contributed by atoms with E-state index in [-0.39, 0.29) is 29.3 Å². The summed E-state index contributed by atoms with van der Waals surface area (Å²) in [5.41, 5.74) is 3.93. The highest BCUT2D eigenvalue weighted by atomic mass is 32.2. The van der Waals surface area contributed by atoms with Crippen LogP contribution in [-0.4, -0.2) is 52.5 Å². The lowest BCUT2D eigenvalue weighted by Crippen LogP contribution is -2.55. The van der Waals surface area contributed by atoms with Crippen LogP contribution in [0.2, 0.25) is 0 Å². The molecule has 2 bridgehead atoms. The van der Waals surface area contributed by atoms with Crippen molar-refractivity contribution in [3.63, 3.8) is 0 Å². The maximum Gasteiger partial charge on any atom is 0.318 e. The molecule has 0 saturated carbocycles. The van der Waals surface area contributed by atoms with Gasteiger partial charge in [0.2, 0.25) is 5.91 Å². The Morgan fingerprint density at radius 3 is 2.73 bits per heavy atom. The smallest absolute Gasteiger partial charge is 0.318 e. The number of likely N-dealkylation sites (tertiary alicyclic amines) is 1. The fourth-order valence-corrected chi connectivity index (χ4v) is 5.45. The molecule has 2 aliphatic rings. The molecule has 3 atom stereocenters. The van der Waals surface area contributed by atoms with Crippen molar-refractivity contribution >= 4 is 29.4 Å². The van der Waals surface area contributed by atoms with E-state index in [4.69, 9.17) is 0 Å². The molecule has 7 nitrogen and oxygen atoms in total. The number of rotatable bonds is 6. The van der Waals surface area contributed by atoms with Crippen molar-refractivity contribution in [2.75, 3.05) is 30.4 Å². The molecule has 33 heavy (non-hydrogen) atoms. The highest BCUT2D eigenvalue weighted by Gasteiger charge is 2.37. The number of fused-ring (bicyclic) bond motifs is 4. The van der Waals surface area contributed by atoms with E-state index < -0.39 is 6.04 Å². The number of pyridine rings is 1. The molecule has 2 N–H and O–H groups in total. The Hall–Kier alpha value is -2.74. The summed E-state index contributed by atoms with van der Waals surface area (Å²) in [5, 5.41) is 5.98. The second-order valence-corrected chi connectivity index (χ2v) is 10.2. The molecule has 2 aliphatic heterocycles. The minimum Gasteiger partial charge on any atom is -0.326 e. The molecule has 0 spiro atoms. The molecule has 0 radical (unpaired) electrons. The second-order valence-electron chi connectivity index (χ2n) is 9.19. The molecule has 8 heteroatoms. The molecule has 3 heterocycles. The first-order chi connectivity index (χ1) is 15.9. The predicted octanol–water partition coefficient (Wildman–Crippen LogP) is 3.35. The molecule has 1 aromatic carbocycles. The summed E-state index contributed by atoms with van der Waals surface area (Å²) in [6.07, 6.45) is 3.53. The Labute approximate surface area is 198 Å². The van der Waals surface area contributed by atoms with Crippen LogP contribution in [0.25, 0.3) is 0 Å².